The molecule has 1 aromatic heterocycles. The third-order valence-electron chi connectivity index (χ3n) is 5.05. The third kappa shape index (κ3) is 3.38. The Hall–Kier alpha value is -3.87. The van der Waals surface area contributed by atoms with Gasteiger partial charge in [0.1, 0.15) is 11.3 Å². The Bertz CT molecular complexity index is 1250. The lowest BCUT2D eigenvalue weighted by Gasteiger charge is -2.21. The average Bonchev–Trinajstić information content (AvgIpc) is 2.96. The van der Waals surface area contributed by atoms with Crippen LogP contribution in [-0.4, -0.2) is 32.9 Å². The number of benzene rings is 2. The predicted molar refractivity (Wildman–Crippen MR) is 116 cm³/mol. The Morgan fingerprint density at radius 3 is 2.06 bits per heavy atom. The largest absolute Gasteiger partial charge is 0.494 e. The minimum Gasteiger partial charge on any atom is -0.494 e. The molecule has 0 aliphatic heterocycles. The molecule has 0 unspecified atom stereocenters. The zero-order valence-corrected chi connectivity index (χ0v) is 17.6. The van der Waals surface area contributed by atoms with E-state index in [0.29, 0.717) is 16.8 Å². The molecule has 158 valence electrons. The minimum atomic E-state index is -0.695. The molecule has 0 spiro atoms. The second kappa shape index (κ2) is 7.12. The molecule has 7 nitrogen and oxygen atoms in total. The highest BCUT2D eigenvalue weighted by atomic mass is 16.6. The molecule has 4 rings (SSSR count). The van der Waals surface area contributed by atoms with E-state index in [0.717, 1.165) is 0 Å². The Morgan fingerprint density at radius 1 is 0.903 bits per heavy atom. The van der Waals surface area contributed by atoms with E-state index < -0.39 is 11.7 Å². The fourth-order valence-electron chi connectivity index (χ4n) is 3.78. The second-order valence-corrected chi connectivity index (χ2v) is 8.36. The number of nitrogens with zero attached hydrogens (tertiary/aromatic N) is 1. The summed E-state index contributed by atoms with van der Waals surface area (Å²) >= 11 is 0. The normalized spacial score (nSPS) is 12.9. The highest BCUT2D eigenvalue weighted by Crippen LogP contribution is 2.44. The number of aromatic hydroxyl groups is 1. The fraction of sp³-hybridized carbons (Fsp3) is 0.208. The number of hydrogen-bond donors (Lipinski definition) is 2. The first-order chi connectivity index (χ1) is 14.6. The molecule has 1 aliphatic carbocycles. The van der Waals surface area contributed by atoms with Crippen LogP contribution in [0, 0.1) is 0 Å². The van der Waals surface area contributed by atoms with Gasteiger partial charge in [0.2, 0.25) is 5.78 Å². The van der Waals surface area contributed by atoms with Crippen molar-refractivity contribution < 1.29 is 24.2 Å². The van der Waals surface area contributed by atoms with E-state index in [-0.39, 0.29) is 39.8 Å². The molecule has 0 bridgehead atoms. The summed E-state index contributed by atoms with van der Waals surface area (Å²) in [6.45, 7) is 5.25. The van der Waals surface area contributed by atoms with Crippen molar-refractivity contribution >= 4 is 23.3 Å². The van der Waals surface area contributed by atoms with Crippen LogP contribution in [0.25, 0.3) is 11.1 Å². The molecule has 1 heterocycles. The van der Waals surface area contributed by atoms with Gasteiger partial charge < -0.3 is 14.4 Å². The molecule has 3 aromatic rings. The van der Waals surface area contributed by atoms with Gasteiger partial charge in [0, 0.05) is 23.7 Å². The number of ketones is 2. The monoisotopic (exact) mass is 418 g/mol. The molecule has 1 amide bonds. The summed E-state index contributed by atoms with van der Waals surface area (Å²) in [5, 5.41) is 13.6. The van der Waals surface area contributed by atoms with Crippen molar-refractivity contribution in [3.05, 3.63) is 70.9 Å². The number of carbonyl (C=O) groups excluding carboxylic acids is 3. The van der Waals surface area contributed by atoms with Gasteiger partial charge in [0.05, 0.1) is 16.8 Å². The molecule has 2 N–H and O–H groups in total. The standard InChI is InChI=1S/C24H22N2O5/c1-24(2,3)31-23(30)25-16-12-8-7-11-15(16)17-18-19(26(4)22(17)29)21(28)14-10-6-5-9-13(14)20(18)27/h5-12,29H,1-4H3,(H,25,30). The summed E-state index contributed by atoms with van der Waals surface area (Å²) in [5.41, 5.74) is 1.06. The molecule has 0 saturated carbocycles. The zero-order chi connectivity index (χ0) is 22.5. The van der Waals surface area contributed by atoms with Crippen molar-refractivity contribution in [3.63, 3.8) is 0 Å². The van der Waals surface area contributed by atoms with Gasteiger partial charge >= 0.3 is 6.09 Å². The van der Waals surface area contributed by atoms with Crippen LogP contribution < -0.4 is 5.32 Å². The van der Waals surface area contributed by atoms with Crippen LogP contribution in [0.3, 0.4) is 0 Å². The first kappa shape index (κ1) is 20.4. The van der Waals surface area contributed by atoms with Crippen LogP contribution in [0.1, 0.15) is 52.7 Å². The summed E-state index contributed by atoms with van der Waals surface area (Å²) in [7, 11) is 1.53. The average molecular weight is 418 g/mol. The van der Waals surface area contributed by atoms with E-state index in [1.54, 1.807) is 69.3 Å². The molecule has 0 saturated heterocycles. The molecule has 0 atom stereocenters. The lowest BCUT2D eigenvalue weighted by Crippen LogP contribution is -2.27. The van der Waals surface area contributed by atoms with Gasteiger partial charge in [0.15, 0.2) is 11.7 Å². The molecule has 31 heavy (non-hydrogen) atoms. The Morgan fingerprint density at radius 2 is 1.45 bits per heavy atom. The number of rotatable bonds is 2. The summed E-state index contributed by atoms with van der Waals surface area (Å²) in [4.78, 5) is 38.8. The number of amides is 1. The van der Waals surface area contributed by atoms with E-state index in [2.05, 4.69) is 5.32 Å². The predicted octanol–water partition coefficient (Wildman–Crippen LogP) is 4.52. The van der Waals surface area contributed by atoms with Crippen molar-refractivity contribution in [3.8, 4) is 17.0 Å². The summed E-state index contributed by atoms with van der Waals surface area (Å²) in [5.74, 6) is -0.937. The summed E-state index contributed by atoms with van der Waals surface area (Å²) < 4.78 is 6.64. The molecular weight excluding hydrogens is 396 g/mol. The third-order valence-corrected chi connectivity index (χ3v) is 5.05. The Labute approximate surface area is 179 Å². The number of anilines is 1. The number of fused-ring (bicyclic) bond motifs is 2. The maximum Gasteiger partial charge on any atom is 0.412 e. The first-order valence-corrected chi connectivity index (χ1v) is 9.79. The van der Waals surface area contributed by atoms with Crippen LogP contribution in [0.4, 0.5) is 10.5 Å². The van der Waals surface area contributed by atoms with E-state index in [9.17, 15) is 19.5 Å². The molecule has 7 heteroatoms. The molecule has 0 fully saturated rings. The van der Waals surface area contributed by atoms with Crippen LogP contribution in [0.15, 0.2) is 48.5 Å². The second-order valence-electron chi connectivity index (χ2n) is 8.36. The number of aromatic nitrogens is 1. The molecule has 2 aromatic carbocycles. The number of carbonyl (C=O) groups is 3. The molecule has 0 radical (unpaired) electrons. The van der Waals surface area contributed by atoms with Crippen LogP contribution in [0.5, 0.6) is 5.88 Å². The highest BCUT2D eigenvalue weighted by Gasteiger charge is 2.38. The topological polar surface area (TPSA) is 97.6 Å². The first-order valence-electron chi connectivity index (χ1n) is 9.79. The Kier molecular flexibility index (Phi) is 4.69. The van der Waals surface area contributed by atoms with Crippen molar-refractivity contribution in [2.24, 2.45) is 7.05 Å². The number of hydrogen-bond acceptors (Lipinski definition) is 5. The van der Waals surface area contributed by atoms with E-state index in [1.807, 2.05) is 0 Å². The van der Waals surface area contributed by atoms with Gasteiger partial charge in [-0.2, -0.15) is 0 Å². The number of nitrogens with one attached hydrogen (secondary N) is 1. The van der Waals surface area contributed by atoms with Crippen molar-refractivity contribution in [1.29, 1.82) is 0 Å². The van der Waals surface area contributed by atoms with Crippen LogP contribution in [0.2, 0.25) is 0 Å². The van der Waals surface area contributed by atoms with Crippen molar-refractivity contribution in [2.45, 2.75) is 26.4 Å². The van der Waals surface area contributed by atoms with Gasteiger partial charge in [-0.3, -0.25) is 14.9 Å². The van der Waals surface area contributed by atoms with E-state index in [4.69, 9.17) is 4.74 Å². The van der Waals surface area contributed by atoms with Gasteiger partial charge in [-0.25, -0.2) is 4.79 Å². The van der Waals surface area contributed by atoms with Crippen LogP contribution >= 0.6 is 0 Å². The molecular formula is C24H22N2O5. The zero-order valence-electron chi connectivity index (χ0n) is 17.6. The van der Waals surface area contributed by atoms with Crippen molar-refractivity contribution in [1.82, 2.24) is 4.57 Å². The summed E-state index contributed by atoms with van der Waals surface area (Å²) in [6, 6.07) is 13.3. The summed E-state index contributed by atoms with van der Waals surface area (Å²) in [6.07, 6.45) is -0.669. The number of ether oxygens (including phenoxy) is 1. The van der Waals surface area contributed by atoms with Crippen molar-refractivity contribution in [2.75, 3.05) is 5.32 Å². The lowest BCUT2D eigenvalue weighted by molar-refractivity contribution is 0.0635. The van der Waals surface area contributed by atoms with E-state index >= 15 is 0 Å². The van der Waals surface area contributed by atoms with Gasteiger partial charge in [-0.15, -0.1) is 0 Å². The van der Waals surface area contributed by atoms with Crippen LogP contribution in [-0.2, 0) is 11.8 Å². The maximum absolute atomic E-state index is 13.3. The van der Waals surface area contributed by atoms with Gasteiger partial charge in [-0.1, -0.05) is 42.5 Å². The minimum absolute atomic E-state index is 0.113. The SMILES string of the molecule is Cn1c(O)c(-c2ccccc2NC(=O)OC(C)(C)C)c2c1C(=O)c1ccccc1C2=O. The van der Waals surface area contributed by atoms with Gasteiger partial charge in [0.25, 0.3) is 0 Å². The Balaban J connectivity index is 1.88. The highest BCUT2D eigenvalue weighted by molar-refractivity contribution is 6.30. The molecule has 1 aliphatic rings. The maximum atomic E-state index is 13.3. The fourth-order valence-corrected chi connectivity index (χ4v) is 3.78. The van der Waals surface area contributed by atoms with Gasteiger partial charge in [-0.05, 0) is 26.8 Å². The van der Waals surface area contributed by atoms with E-state index in [1.165, 1.54) is 11.6 Å². The number of para-hydroxylation sites is 1. The lowest BCUT2D eigenvalue weighted by atomic mass is 9.85. The quantitative estimate of drug-likeness (QED) is 0.499. The smallest absolute Gasteiger partial charge is 0.412 e.